The molecule has 4 nitrogen and oxygen atoms in total. The third kappa shape index (κ3) is 2.81. The quantitative estimate of drug-likeness (QED) is 0.937. The molecule has 0 amide bonds. The van der Waals surface area contributed by atoms with Gasteiger partial charge in [-0.05, 0) is 48.7 Å². The fourth-order valence-corrected chi connectivity index (χ4v) is 3.07. The summed E-state index contributed by atoms with van der Waals surface area (Å²) in [5, 5.41) is 8.18. The van der Waals surface area contributed by atoms with E-state index in [9.17, 15) is 0 Å². The van der Waals surface area contributed by atoms with Crippen LogP contribution < -0.4 is 10.1 Å². The van der Waals surface area contributed by atoms with Crippen molar-refractivity contribution in [1.82, 2.24) is 15.1 Å². The summed E-state index contributed by atoms with van der Waals surface area (Å²) in [7, 11) is 3.76. The molecule has 1 N–H and O–H groups in total. The van der Waals surface area contributed by atoms with Crippen molar-refractivity contribution in [2.45, 2.75) is 32.2 Å². The Morgan fingerprint density at radius 3 is 2.95 bits per heavy atom. The highest BCUT2D eigenvalue weighted by Gasteiger charge is 2.22. The molecule has 0 fully saturated rings. The van der Waals surface area contributed by atoms with E-state index in [1.807, 2.05) is 11.7 Å². The van der Waals surface area contributed by atoms with Gasteiger partial charge < -0.3 is 10.1 Å². The third-order valence-electron chi connectivity index (χ3n) is 4.32. The van der Waals surface area contributed by atoms with Crippen LogP contribution in [0.25, 0.3) is 0 Å². The van der Waals surface area contributed by atoms with Crippen LogP contribution in [0.3, 0.4) is 0 Å². The molecule has 2 aromatic rings. The second-order valence-corrected chi connectivity index (χ2v) is 5.63. The number of hydrogen-bond donors (Lipinski definition) is 1. The first-order chi connectivity index (χ1) is 10.2. The van der Waals surface area contributed by atoms with Gasteiger partial charge in [-0.1, -0.05) is 13.0 Å². The highest BCUT2D eigenvalue weighted by molar-refractivity contribution is 5.40. The van der Waals surface area contributed by atoms with Gasteiger partial charge in [0.1, 0.15) is 5.75 Å². The van der Waals surface area contributed by atoms with E-state index in [1.54, 1.807) is 7.11 Å². The lowest BCUT2D eigenvalue weighted by Gasteiger charge is -2.27. The highest BCUT2D eigenvalue weighted by atomic mass is 16.5. The maximum Gasteiger partial charge on any atom is 0.119 e. The molecule has 0 saturated heterocycles. The molecule has 0 radical (unpaired) electrons. The van der Waals surface area contributed by atoms with Gasteiger partial charge in [0.05, 0.1) is 12.8 Å². The highest BCUT2D eigenvalue weighted by Crippen LogP contribution is 2.29. The Labute approximate surface area is 126 Å². The zero-order valence-electron chi connectivity index (χ0n) is 13.0. The van der Waals surface area contributed by atoms with Crippen molar-refractivity contribution >= 4 is 0 Å². The Balaban J connectivity index is 1.88. The van der Waals surface area contributed by atoms with Crippen LogP contribution in [-0.4, -0.2) is 23.4 Å². The first kappa shape index (κ1) is 14.1. The maximum absolute atomic E-state index is 5.38. The van der Waals surface area contributed by atoms with Crippen molar-refractivity contribution in [3.63, 3.8) is 0 Å². The summed E-state index contributed by atoms with van der Waals surface area (Å²) in [5.74, 6) is 0.932. The molecule has 1 aliphatic heterocycles. The van der Waals surface area contributed by atoms with Crippen LogP contribution in [0.5, 0.6) is 5.75 Å². The second kappa shape index (κ2) is 5.90. The van der Waals surface area contributed by atoms with E-state index in [0.29, 0.717) is 6.04 Å². The molecule has 0 bridgehead atoms. The molecule has 3 rings (SSSR count). The van der Waals surface area contributed by atoms with Crippen molar-refractivity contribution in [2.75, 3.05) is 13.7 Å². The third-order valence-corrected chi connectivity index (χ3v) is 4.32. The fraction of sp³-hybridized carbons (Fsp3) is 0.471. The van der Waals surface area contributed by atoms with Crippen LogP contribution in [0.2, 0.25) is 0 Å². The zero-order valence-corrected chi connectivity index (χ0v) is 13.0. The summed E-state index contributed by atoms with van der Waals surface area (Å²) < 4.78 is 7.39. The molecule has 0 saturated carbocycles. The molecule has 0 spiro atoms. The summed E-state index contributed by atoms with van der Waals surface area (Å²) in [6.07, 6.45) is 3.03. The summed E-state index contributed by atoms with van der Waals surface area (Å²) in [5.41, 5.74) is 5.23. The van der Waals surface area contributed by atoms with E-state index in [4.69, 9.17) is 4.74 Å². The van der Waals surface area contributed by atoms with Gasteiger partial charge in [-0.3, -0.25) is 4.68 Å². The summed E-state index contributed by atoms with van der Waals surface area (Å²) in [6, 6.07) is 8.98. The largest absolute Gasteiger partial charge is 0.497 e. The Kier molecular flexibility index (Phi) is 3.97. The van der Waals surface area contributed by atoms with Crippen molar-refractivity contribution in [2.24, 2.45) is 7.05 Å². The number of hydrogen-bond acceptors (Lipinski definition) is 3. The van der Waals surface area contributed by atoms with Gasteiger partial charge in [-0.2, -0.15) is 5.10 Å². The fourth-order valence-electron chi connectivity index (χ4n) is 3.07. The number of nitrogens with one attached hydrogen (secondary N) is 1. The van der Waals surface area contributed by atoms with Crippen LogP contribution >= 0.6 is 0 Å². The lowest BCUT2D eigenvalue weighted by molar-refractivity contribution is 0.410. The number of rotatable bonds is 4. The first-order valence-electron chi connectivity index (χ1n) is 7.63. The summed E-state index contributed by atoms with van der Waals surface area (Å²) in [4.78, 5) is 0. The van der Waals surface area contributed by atoms with Crippen molar-refractivity contribution in [3.8, 4) is 5.75 Å². The number of benzene rings is 1. The monoisotopic (exact) mass is 285 g/mol. The average Bonchev–Trinajstić information content (AvgIpc) is 2.87. The van der Waals surface area contributed by atoms with Gasteiger partial charge in [-0.15, -0.1) is 0 Å². The molecule has 0 aliphatic carbocycles. The van der Waals surface area contributed by atoms with E-state index in [1.165, 1.54) is 16.8 Å². The number of ether oxygens (including phenoxy) is 1. The van der Waals surface area contributed by atoms with Crippen molar-refractivity contribution in [1.29, 1.82) is 0 Å². The molecule has 112 valence electrons. The van der Waals surface area contributed by atoms with Gasteiger partial charge in [0.25, 0.3) is 0 Å². The molecular weight excluding hydrogens is 262 g/mol. The Morgan fingerprint density at radius 1 is 1.38 bits per heavy atom. The summed E-state index contributed by atoms with van der Waals surface area (Å²) >= 11 is 0. The van der Waals surface area contributed by atoms with E-state index in [2.05, 4.69) is 41.6 Å². The Morgan fingerprint density at radius 2 is 2.24 bits per heavy atom. The predicted molar refractivity (Wildman–Crippen MR) is 83.7 cm³/mol. The lowest BCUT2D eigenvalue weighted by Crippen LogP contribution is -2.31. The minimum atomic E-state index is 0.337. The lowest BCUT2D eigenvalue weighted by atomic mass is 9.91. The van der Waals surface area contributed by atoms with E-state index >= 15 is 0 Å². The average molecular weight is 285 g/mol. The van der Waals surface area contributed by atoms with Crippen LogP contribution in [0.15, 0.2) is 24.3 Å². The second-order valence-electron chi connectivity index (χ2n) is 5.63. The van der Waals surface area contributed by atoms with Crippen LogP contribution in [0, 0.1) is 0 Å². The molecule has 1 aliphatic rings. The topological polar surface area (TPSA) is 39.1 Å². The molecule has 21 heavy (non-hydrogen) atoms. The molecular formula is C17H23N3O. The van der Waals surface area contributed by atoms with Gasteiger partial charge in [0, 0.05) is 25.2 Å². The predicted octanol–water partition coefficient (Wildman–Crippen LogP) is 2.42. The van der Waals surface area contributed by atoms with Gasteiger partial charge >= 0.3 is 0 Å². The van der Waals surface area contributed by atoms with Crippen molar-refractivity contribution < 1.29 is 4.74 Å². The zero-order chi connectivity index (χ0) is 14.8. The Bertz CT molecular complexity index is 633. The van der Waals surface area contributed by atoms with Crippen LogP contribution in [0.1, 0.15) is 35.5 Å². The number of aromatic nitrogens is 2. The van der Waals surface area contributed by atoms with Crippen molar-refractivity contribution in [3.05, 3.63) is 46.8 Å². The van der Waals surface area contributed by atoms with Gasteiger partial charge in [0.2, 0.25) is 0 Å². The minimum Gasteiger partial charge on any atom is -0.497 e. The van der Waals surface area contributed by atoms with E-state index in [0.717, 1.165) is 37.3 Å². The summed E-state index contributed by atoms with van der Waals surface area (Å²) in [6.45, 7) is 3.17. The standard InChI is InChI=1S/C17H23N3O/c1-4-13-9-14(20(2)19-13)10-17-16-11-15(21-3)6-5-12(16)7-8-18-17/h5-6,9,11,17-18H,4,7-8,10H2,1-3H3. The van der Waals surface area contributed by atoms with Gasteiger partial charge in [-0.25, -0.2) is 0 Å². The Hall–Kier alpha value is -1.81. The first-order valence-corrected chi connectivity index (χ1v) is 7.63. The minimum absolute atomic E-state index is 0.337. The normalized spacial score (nSPS) is 17.6. The molecule has 1 aromatic heterocycles. The SMILES string of the molecule is CCc1cc(CC2NCCc3ccc(OC)cc32)n(C)n1. The maximum atomic E-state index is 5.38. The number of methoxy groups -OCH3 is 1. The van der Waals surface area contributed by atoms with E-state index < -0.39 is 0 Å². The molecule has 2 heterocycles. The van der Waals surface area contributed by atoms with Gasteiger partial charge in [0.15, 0.2) is 0 Å². The number of aryl methyl sites for hydroxylation is 2. The molecule has 4 heteroatoms. The smallest absolute Gasteiger partial charge is 0.119 e. The van der Waals surface area contributed by atoms with Crippen LogP contribution in [0.4, 0.5) is 0 Å². The number of nitrogens with zero attached hydrogens (tertiary/aromatic N) is 2. The van der Waals surface area contributed by atoms with E-state index in [-0.39, 0.29) is 0 Å². The number of fused-ring (bicyclic) bond motifs is 1. The molecule has 1 atom stereocenters. The molecule has 1 unspecified atom stereocenters. The van der Waals surface area contributed by atoms with Crippen LogP contribution in [-0.2, 0) is 26.3 Å². The molecule has 1 aromatic carbocycles.